The molecule has 0 N–H and O–H groups in total. The van der Waals surface area contributed by atoms with Crippen molar-refractivity contribution in [2.75, 3.05) is 6.61 Å². The third-order valence-corrected chi connectivity index (χ3v) is 2.31. The van der Waals surface area contributed by atoms with Crippen molar-refractivity contribution in [1.29, 1.82) is 0 Å². The molecule has 13 heavy (non-hydrogen) atoms. The van der Waals surface area contributed by atoms with Crippen molar-refractivity contribution in [3.8, 4) is 0 Å². The molecule has 0 saturated carbocycles. The van der Waals surface area contributed by atoms with Crippen molar-refractivity contribution in [3.05, 3.63) is 24.5 Å². The van der Waals surface area contributed by atoms with Crippen LogP contribution in [0.3, 0.4) is 0 Å². The quantitative estimate of drug-likeness (QED) is 0.694. The van der Waals surface area contributed by atoms with Crippen molar-refractivity contribution in [2.24, 2.45) is 0 Å². The highest BCUT2D eigenvalue weighted by Gasteiger charge is 2.15. The van der Waals surface area contributed by atoms with Crippen LogP contribution in [0.1, 0.15) is 31.1 Å². The van der Waals surface area contributed by atoms with E-state index in [1.807, 2.05) is 17.1 Å². The van der Waals surface area contributed by atoms with Crippen LogP contribution in [0.5, 0.6) is 0 Å². The summed E-state index contributed by atoms with van der Waals surface area (Å²) in [6, 6.07) is 0. The lowest BCUT2D eigenvalue weighted by Crippen LogP contribution is -2.18. The van der Waals surface area contributed by atoms with Crippen LogP contribution in [0, 0.1) is 0 Å². The fourth-order valence-corrected chi connectivity index (χ4v) is 1.55. The Hall–Kier alpha value is -1.09. The summed E-state index contributed by atoms with van der Waals surface area (Å²) in [5.74, 6) is 0. The number of hydrogen-bond donors (Lipinski definition) is 0. The molecule has 2 heterocycles. The highest BCUT2D eigenvalue weighted by Crippen LogP contribution is 2.21. The van der Waals surface area contributed by atoms with Crippen LogP contribution in [-0.2, 0) is 4.74 Å². The fraction of sp³-hybridized carbons (Fsp3) is 0.500. The Bertz CT molecular complexity index is 287. The first-order valence-corrected chi connectivity index (χ1v) is 4.68. The van der Waals surface area contributed by atoms with Crippen LogP contribution in [0.25, 0.3) is 6.08 Å². The standard InChI is InChI=1S/C10H14N2O/c1-2-9-7-11-12(8-9)10-5-3-4-6-13-10/h2,7-8,10H,1,3-6H2. The van der Waals surface area contributed by atoms with Gasteiger partial charge >= 0.3 is 0 Å². The van der Waals surface area contributed by atoms with Crippen molar-refractivity contribution in [1.82, 2.24) is 9.78 Å². The van der Waals surface area contributed by atoms with Gasteiger partial charge in [-0.1, -0.05) is 12.7 Å². The molecule has 2 rings (SSSR count). The molecule has 0 aliphatic carbocycles. The molecule has 3 nitrogen and oxygen atoms in total. The Morgan fingerprint density at radius 1 is 1.62 bits per heavy atom. The third-order valence-electron chi connectivity index (χ3n) is 2.31. The summed E-state index contributed by atoms with van der Waals surface area (Å²) >= 11 is 0. The van der Waals surface area contributed by atoms with Gasteiger partial charge in [0.2, 0.25) is 0 Å². The van der Waals surface area contributed by atoms with Gasteiger partial charge in [0.1, 0.15) is 6.23 Å². The monoisotopic (exact) mass is 178 g/mol. The second-order valence-electron chi connectivity index (χ2n) is 3.28. The zero-order valence-electron chi connectivity index (χ0n) is 7.65. The maximum Gasteiger partial charge on any atom is 0.150 e. The van der Waals surface area contributed by atoms with Gasteiger partial charge in [-0.05, 0) is 19.3 Å². The largest absolute Gasteiger partial charge is 0.357 e. The molecule has 1 atom stereocenters. The fourth-order valence-electron chi connectivity index (χ4n) is 1.55. The molecule has 1 fully saturated rings. The van der Waals surface area contributed by atoms with Crippen LogP contribution in [0.2, 0.25) is 0 Å². The number of rotatable bonds is 2. The normalized spacial score (nSPS) is 22.9. The zero-order chi connectivity index (χ0) is 9.10. The minimum Gasteiger partial charge on any atom is -0.357 e. The lowest BCUT2D eigenvalue weighted by molar-refractivity contribution is -0.0394. The molecule has 0 bridgehead atoms. The second-order valence-corrected chi connectivity index (χ2v) is 3.28. The van der Waals surface area contributed by atoms with Crippen LogP contribution < -0.4 is 0 Å². The molecular weight excluding hydrogens is 164 g/mol. The maximum atomic E-state index is 5.59. The Kier molecular flexibility index (Phi) is 2.45. The molecule has 0 amide bonds. The van der Waals surface area contributed by atoms with Gasteiger partial charge < -0.3 is 4.74 Å². The smallest absolute Gasteiger partial charge is 0.150 e. The predicted octanol–water partition coefficient (Wildman–Crippen LogP) is 2.23. The molecule has 0 spiro atoms. The first kappa shape index (κ1) is 8.51. The number of aromatic nitrogens is 2. The lowest BCUT2D eigenvalue weighted by atomic mass is 10.2. The molecule has 1 aliphatic heterocycles. The Labute approximate surface area is 78.0 Å². The third kappa shape index (κ3) is 1.80. The van der Waals surface area contributed by atoms with Crippen LogP contribution in [-0.4, -0.2) is 16.4 Å². The van der Waals surface area contributed by atoms with E-state index in [1.165, 1.54) is 12.8 Å². The SMILES string of the molecule is C=Cc1cnn(C2CCCCO2)c1. The van der Waals surface area contributed by atoms with E-state index in [2.05, 4.69) is 11.7 Å². The van der Waals surface area contributed by atoms with E-state index in [0.717, 1.165) is 18.6 Å². The number of hydrogen-bond acceptors (Lipinski definition) is 2. The van der Waals surface area contributed by atoms with Gasteiger partial charge in [0.15, 0.2) is 0 Å². The van der Waals surface area contributed by atoms with E-state index in [0.29, 0.717) is 0 Å². The van der Waals surface area contributed by atoms with Gasteiger partial charge in [-0.2, -0.15) is 5.10 Å². The van der Waals surface area contributed by atoms with Crippen molar-refractivity contribution in [3.63, 3.8) is 0 Å². The summed E-state index contributed by atoms with van der Waals surface area (Å²) in [6.45, 7) is 4.55. The number of ether oxygens (including phenoxy) is 1. The molecule has 0 radical (unpaired) electrons. The minimum atomic E-state index is 0.141. The van der Waals surface area contributed by atoms with Crippen LogP contribution in [0.15, 0.2) is 19.0 Å². The molecule has 1 unspecified atom stereocenters. The minimum absolute atomic E-state index is 0.141. The first-order chi connectivity index (χ1) is 6.40. The van der Waals surface area contributed by atoms with Crippen LogP contribution in [0.4, 0.5) is 0 Å². The summed E-state index contributed by atoms with van der Waals surface area (Å²) in [4.78, 5) is 0. The molecule has 1 aromatic heterocycles. The Balaban J connectivity index is 2.09. The molecule has 1 aromatic rings. The summed E-state index contributed by atoms with van der Waals surface area (Å²) in [5.41, 5.74) is 1.05. The highest BCUT2D eigenvalue weighted by molar-refractivity contribution is 5.43. The van der Waals surface area contributed by atoms with Crippen molar-refractivity contribution >= 4 is 6.08 Å². The summed E-state index contributed by atoms with van der Waals surface area (Å²) in [7, 11) is 0. The summed E-state index contributed by atoms with van der Waals surface area (Å²) in [5, 5.41) is 4.23. The second kappa shape index (κ2) is 3.75. The van der Waals surface area contributed by atoms with Crippen LogP contribution >= 0.6 is 0 Å². The van der Waals surface area contributed by atoms with Gasteiger partial charge in [0.05, 0.1) is 6.20 Å². The van der Waals surface area contributed by atoms with Gasteiger partial charge in [-0.25, -0.2) is 4.68 Å². The van der Waals surface area contributed by atoms with Gasteiger partial charge in [-0.3, -0.25) is 0 Å². The molecule has 1 aliphatic rings. The zero-order valence-corrected chi connectivity index (χ0v) is 7.65. The summed E-state index contributed by atoms with van der Waals surface area (Å²) < 4.78 is 7.47. The van der Waals surface area contributed by atoms with Crippen molar-refractivity contribution < 1.29 is 4.74 Å². The Morgan fingerprint density at radius 2 is 2.54 bits per heavy atom. The van der Waals surface area contributed by atoms with E-state index in [4.69, 9.17) is 4.74 Å². The van der Waals surface area contributed by atoms with E-state index in [1.54, 1.807) is 6.08 Å². The number of nitrogens with zero attached hydrogens (tertiary/aromatic N) is 2. The Morgan fingerprint density at radius 3 is 3.15 bits per heavy atom. The van der Waals surface area contributed by atoms with E-state index < -0.39 is 0 Å². The highest BCUT2D eigenvalue weighted by atomic mass is 16.5. The topological polar surface area (TPSA) is 27.1 Å². The predicted molar refractivity (Wildman–Crippen MR) is 51.2 cm³/mol. The molecule has 0 aromatic carbocycles. The van der Waals surface area contributed by atoms with Gasteiger partial charge in [-0.15, -0.1) is 0 Å². The van der Waals surface area contributed by atoms with Gasteiger partial charge in [0.25, 0.3) is 0 Å². The van der Waals surface area contributed by atoms with Crippen molar-refractivity contribution in [2.45, 2.75) is 25.5 Å². The van der Waals surface area contributed by atoms with E-state index in [9.17, 15) is 0 Å². The first-order valence-electron chi connectivity index (χ1n) is 4.68. The average Bonchev–Trinajstić information content (AvgIpc) is 2.67. The molecule has 70 valence electrons. The van der Waals surface area contributed by atoms with E-state index in [-0.39, 0.29) is 6.23 Å². The summed E-state index contributed by atoms with van der Waals surface area (Å²) in [6.07, 6.45) is 9.20. The average molecular weight is 178 g/mol. The van der Waals surface area contributed by atoms with E-state index >= 15 is 0 Å². The molecular formula is C10H14N2O. The molecule has 3 heteroatoms. The maximum absolute atomic E-state index is 5.59. The lowest BCUT2D eigenvalue weighted by Gasteiger charge is -2.22. The molecule has 1 saturated heterocycles. The van der Waals surface area contributed by atoms with Gasteiger partial charge in [0, 0.05) is 18.4 Å².